The number of nitrogens with zero attached hydrogens (tertiary/aromatic N) is 3. The predicted octanol–water partition coefficient (Wildman–Crippen LogP) is 2.09. The van der Waals surface area contributed by atoms with E-state index in [1.807, 2.05) is 0 Å². The van der Waals surface area contributed by atoms with E-state index < -0.39 is 126 Å². The Balaban J connectivity index is 0.869. The number of aliphatic carboxylic acids is 1. The summed E-state index contributed by atoms with van der Waals surface area (Å²) in [5, 5.41) is 31.6. The van der Waals surface area contributed by atoms with E-state index in [-0.39, 0.29) is 55.6 Å². The first kappa shape index (κ1) is 54.0. The minimum atomic E-state index is -2.12. The second-order valence-corrected chi connectivity index (χ2v) is 19.6. The smallest absolute Gasteiger partial charge is 0.342 e. The van der Waals surface area contributed by atoms with E-state index in [2.05, 4.69) is 21.3 Å². The summed E-state index contributed by atoms with van der Waals surface area (Å²) in [4.78, 5) is 147. The third-order valence-electron chi connectivity index (χ3n) is 14.3. The molecule has 76 heavy (non-hydrogen) atoms. The van der Waals surface area contributed by atoms with Crippen molar-refractivity contribution in [3.8, 4) is 11.4 Å². The first-order chi connectivity index (χ1) is 36.2. The van der Waals surface area contributed by atoms with Crippen LogP contribution in [0.25, 0.3) is 22.3 Å². The van der Waals surface area contributed by atoms with Gasteiger partial charge in [-0.1, -0.05) is 36.8 Å². The highest BCUT2D eigenvalue weighted by Gasteiger charge is 2.44. The van der Waals surface area contributed by atoms with Crippen molar-refractivity contribution in [1.29, 1.82) is 0 Å². The molecule has 398 valence electrons. The molecular weight excluding hydrogens is 990 g/mol. The standard InChI is InChI=1S/C54H56FN7O14/c1-28-32-12-13-37(49-33-26-62-40(50(33)60-39(48(32)49)22-36(28)55)21-35-34(52(62)73)27-76-53(74)54(35,2)75)58-44(67)25-57-51(72)30(19-29-9-5-3-6-10-29)20-31(63)24-56-42(65)15-14-41(64)38(23-47(70)71)59-43(66)11-7-4-8-18-61-45(68)16-17-46(61)69/h3,5-6,9-10,16-17,21-22,30,37-38,75H,4,7-8,11-15,18-20,23-27H2,1-2H3,(H,56,65)(H,57,72)(H,58,67)(H,59,66)(H,70,71)/t30-,37+,38+,54+/m1/s1. The number of amides is 6. The number of hydrogen-bond acceptors (Lipinski definition) is 14. The van der Waals surface area contributed by atoms with Crippen molar-refractivity contribution in [2.45, 2.75) is 115 Å². The Morgan fingerprint density at radius 1 is 0.868 bits per heavy atom. The predicted molar refractivity (Wildman–Crippen MR) is 266 cm³/mol. The number of rotatable bonds is 23. The largest absolute Gasteiger partial charge is 0.481 e. The van der Waals surface area contributed by atoms with E-state index in [0.717, 1.165) is 4.90 Å². The van der Waals surface area contributed by atoms with Gasteiger partial charge in [0, 0.05) is 72.9 Å². The number of unbranched alkanes of at least 4 members (excludes halogenated alkanes) is 2. The number of carboxylic acid groups (broad SMARTS) is 1. The molecule has 0 radical (unpaired) electrons. The number of ether oxygens (including phenoxy) is 1. The lowest BCUT2D eigenvalue weighted by molar-refractivity contribution is -0.169. The van der Waals surface area contributed by atoms with Crippen LogP contribution in [0.2, 0.25) is 0 Å². The van der Waals surface area contributed by atoms with E-state index >= 15 is 4.39 Å². The van der Waals surface area contributed by atoms with Gasteiger partial charge in [-0.25, -0.2) is 14.2 Å². The quantitative estimate of drug-likeness (QED) is 0.0310. The molecule has 21 nitrogen and oxygen atoms in total. The van der Waals surface area contributed by atoms with E-state index in [4.69, 9.17) is 9.72 Å². The highest BCUT2D eigenvalue weighted by atomic mass is 19.1. The van der Waals surface area contributed by atoms with Crippen LogP contribution in [-0.4, -0.2) is 109 Å². The number of carbonyl (C=O) groups excluding carboxylic acids is 9. The Labute approximate surface area is 433 Å². The molecule has 4 atom stereocenters. The normalized spacial score (nSPS) is 17.8. The van der Waals surface area contributed by atoms with Crippen molar-refractivity contribution < 1.29 is 67.3 Å². The van der Waals surface area contributed by atoms with Crippen LogP contribution >= 0.6 is 0 Å². The zero-order chi connectivity index (χ0) is 54.6. The number of ketones is 2. The van der Waals surface area contributed by atoms with Crippen molar-refractivity contribution >= 4 is 69.9 Å². The number of nitrogens with one attached hydrogen (secondary N) is 4. The number of fused-ring (bicyclic) bond motifs is 5. The lowest BCUT2D eigenvalue weighted by atomic mass is 9.81. The average Bonchev–Trinajstić information content (AvgIpc) is 4.01. The Morgan fingerprint density at radius 3 is 2.33 bits per heavy atom. The van der Waals surface area contributed by atoms with Gasteiger partial charge < -0.3 is 40.8 Å². The molecule has 2 aromatic heterocycles. The van der Waals surface area contributed by atoms with E-state index in [1.165, 1.54) is 35.8 Å². The molecule has 2 aromatic carbocycles. The Bertz CT molecular complexity index is 3190. The fraction of sp³-hybridized carbons (Fsp3) is 0.407. The fourth-order valence-corrected chi connectivity index (χ4v) is 10.3. The number of imide groups is 1. The molecule has 22 heteroatoms. The van der Waals surface area contributed by atoms with Crippen LogP contribution in [-0.2, 0) is 84.3 Å². The molecule has 1 aliphatic carbocycles. The highest BCUT2D eigenvalue weighted by Crippen LogP contribution is 2.45. The molecule has 3 aliphatic heterocycles. The fourth-order valence-electron chi connectivity index (χ4n) is 10.3. The summed E-state index contributed by atoms with van der Waals surface area (Å²) in [5.41, 5.74) is 1.46. The summed E-state index contributed by atoms with van der Waals surface area (Å²) in [5.74, 6) is -8.40. The second kappa shape index (κ2) is 22.7. The lowest BCUT2D eigenvalue weighted by Gasteiger charge is -2.30. The molecule has 6 N–H and O–H groups in total. The molecule has 0 spiro atoms. The summed E-state index contributed by atoms with van der Waals surface area (Å²) in [6, 6.07) is 9.51. The first-order valence-corrected chi connectivity index (χ1v) is 25.0. The van der Waals surface area contributed by atoms with E-state index in [9.17, 15) is 63.0 Å². The number of carboxylic acids is 1. The zero-order valence-corrected chi connectivity index (χ0v) is 41.8. The van der Waals surface area contributed by atoms with Gasteiger partial charge in [-0.3, -0.25) is 52.8 Å². The summed E-state index contributed by atoms with van der Waals surface area (Å²) < 4.78 is 22.0. The van der Waals surface area contributed by atoms with Crippen LogP contribution in [0.1, 0.15) is 110 Å². The van der Waals surface area contributed by atoms with E-state index in [0.29, 0.717) is 76.7 Å². The van der Waals surface area contributed by atoms with Crippen molar-refractivity contribution in [3.63, 3.8) is 0 Å². The third kappa shape index (κ3) is 11.7. The van der Waals surface area contributed by atoms with Gasteiger partial charge in [0.15, 0.2) is 17.2 Å². The number of cyclic esters (lactones) is 1. The molecule has 0 saturated carbocycles. The Morgan fingerprint density at radius 2 is 1.61 bits per heavy atom. The van der Waals surface area contributed by atoms with Gasteiger partial charge in [-0.2, -0.15) is 0 Å². The number of Topliss-reactive ketones (excluding diaryl/α,β-unsaturated/α-hetero) is 2. The summed E-state index contributed by atoms with van der Waals surface area (Å²) in [6.07, 6.45) is 2.33. The Kier molecular flexibility index (Phi) is 16.1. The van der Waals surface area contributed by atoms with Crippen LogP contribution in [0.3, 0.4) is 0 Å². The van der Waals surface area contributed by atoms with Crippen LogP contribution < -0.4 is 26.8 Å². The van der Waals surface area contributed by atoms with Crippen LogP contribution in [0.15, 0.2) is 59.4 Å². The number of pyridine rings is 2. The number of aryl methyl sites for hydroxylation is 1. The number of aliphatic hydroxyl groups is 1. The number of carbonyl (C=O) groups is 10. The van der Waals surface area contributed by atoms with Gasteiger partial charge in [-0.15, -0.1) is 0 Å². The molecule has 4 aromatic rings. The molecule has 6 amide bonds. The average molecular weight is 1050 g/mol. The van der Waals surface area contributed by atoms with Crippen LogP contribution in [0, 0.1) is 18.7 Å². The summed E-state index contributed by atoms with van der Waals surface area (Å²) in [7, 11) is 0. The minimum Gasteiger partial charge on any atom is -0.481 e. The molecule has 0 fully saturated rings. The van der Waals surface area contributed by atoms with Crippen molar-refractivity contribution in [1.82, 2.24) is 35.7 Å². The molecule has 0 saturated heterocycles. The first-order valence-electron chi connectivity index (χ1n) is 25.0. The van der Waals surface area contributed by atoms with E-state index in [1.54, 1.807) is 37.3 Å². The third-order valence-corrected chi connectivity index (χ3v) is 14.3. The molecule has 4 aliphatic rings. The van der Waals surface area contributed by atoms with Gasteiger partial charge in [0.25, 0.3) is 17.4 Å². The topological polar surface area (TPSA) is 307 Å². The van der Waals surface area contributed by atoms with Crippen molar-refractivity contribution in [3.05, 3.63) is 110 Å². The Hall–Kier alpha value is -8.27. The summed E-state index contributed by atoms with van der Waals surface area (Å²) >= 11 is 0. The monoisotopic (exact) mass is 1050 g/mol. The molecule has 8 rings (SSSR count). The molecule has 0 bridgehead atoms. The van der Waals surface area contributed by atoms with Crippen molar-refractivity contribution in [2.75, 3.05) is 19.6 Å². The van der Waals surface area contributed by atoms with Gasteiger partial charge in [-0.05, 0) is 74.3 Å². The number of benzene rings is 2. The SMILES string of the molecule is Cc1c(F)cc2nc3c(c4c2c1CC[C@@H]4NC(=O)CNC(=O)[C@@H](CC(=O)CNC(=O)CCC(=O)[C@H](CC(=O)O)NC(=O)CCCCCN1C(=O)C=CC1=O)Cc1ccccc1)Cn1c-3cc2c(c1=O)COC(=O)[C@@]2(C)O. The molecule has 5 heterocycles. The number of halogens is 1. The maximum Gasteiger partial charge on any atom is 0.342 e. The van der Waals surface area contributed by atoms with Gasteiger partial charge in [0.05, 0.1) is 60.6 Å². The summed E-state index contributed by atoms with van der Waals surface area (Å²) in [6.45, 7) is 1.72. The zero-order valence-electron chi connectivity index (χ0n) is 41.8. The maximum atomic E-state index is 15.4. The number of esters is 1. The van der Waals surface area contributed by atoms with Crippen LogP contribution in [0.5, 0.6) is 0 Å². The lowest BCUT2D eigenvalue weighted by Crippen LogP contribution is -2.43. The number of hydrogen-bond donors (Lipinski definition) is 6. The van der Waals surface area contributed by atoms with Gasteiger partial charge in [0.2, 0.25) is 23.6 Å². The van der Waals surface area contributed by atoms with Gasteiger partial charge in [0.1, 0.15) is 12.4 Å². The van der Waals surface area contributed by atoms with Crippen LogP contribution in [0.4, 0.5) is 4.39 Å². The second-order valence-electron chi connectivity index (χ2n) is 19.6. The van der Waals surface area contributed by atoms with Gasteiger partial charge >= 0.3 is 11.9 Å². The highest BCUT2D eigenvalue weighted by molar-refractivity contribution is 6.12. The van der Waals surface area contributed by atoms with Crippen molar-refractivity contribution in [2.24, 2.45) is 5.92 Å². The molecule has 0 unspecified atom stereocenters. The number of aromatic nitrogens is 2. The maximum absolute atomic E-state index is 15.4. The molecular formula is C54H56FN7O14. The minimum absolute atomic E-state index is 0.0171.